The molecule has 1 fully saturated rings. The van der Waals surface area contributed by atoms with Crippen molar-refractivity contribution in [1.82, 2.24) is 5.48 Å². The first-order chi connectivity index (χ1) is 11.5. The van der Waals surface area contributed by atoms with Gasteiger partial charge in [-0.1, -0.05) is 0 Å². The van der Waals surface area contributed by atoms with Crippen LogP contribution in [0.25, 0.3) is 0 Å². The maximum atomic E-state index is 11.6. The van der Waals surface area contributed by atoms with Crippen LogP contribution < -0.4 is 5.48 Å². The molecule has 144 valence electrons. The quantitative estimate of drug-likeness (QED) is 0.346. The highest BCUT2D eigenvalue weighted by Crippen LogP contribution is 2.39. The smallest absolute Gasteiger partial charge is 0.337 e. The van der Waals surface area contributed by atoms with E-state index in [2.05, 4.69) is 4.52 Å². The van der Waals surface area contributed by atoms with Gasteiger partial charge in [0, 0.05) is 27.4 Å². The zero-order chi connectivity index (χ0) is 19.2. The van der Waals surface area contributed by atoms with Crippen molar-refractivity contribution < 1.29 is 47.4 Å². The number of ether oxygens (including phenoxy) is 3. The summed E-state index contributed by atoms with van der Waals surface area (Å²) < 4.78 is 31.2. The fourth-order valence-electron chi connectivity index (χ4n) is 2.10. The number of hydrogen-bond donors (Lipinski definition) is 2. The molecule has 11 nitrogen and oxygen atoms in total. The van der Waals surface area contributed by atoms with Gasteiger partial charge in [0.05, 0.1) is 6.10 Å². The summed E-state index contributed by atoms with van der Waals surface area (Å²) in [5, 5.41) is 0. The van der Waals surface area contributed by atoms with Crippen LogP contribution in [-0.4, -0.2) is 60.6 Å². The van der Waals surface area contributed by atoms with E-state index in [0.717, 1.165) is 7.11 Å². The fraction of sp³-hybridized carbons (Fsp3) is 0.769. The van der Waals surface area contributed by atoms with E-state index in [-0.39, 0.29) is 6.42 Å². The zero-order valence-corrected chi connectivity index (χ0v) is 15.2. The standard InChI is InChI=1S/C13H22NO10P/c1-7-10(22-8(2)15)5-11(23-9(3)16)13(21-7)24-14-12(17)6-25(18,19)20-4/h7,10-11,13H,5-6H2,1-4H3,(H,14,17)(H,18,19)/t7-,10+,11+,13-/m1/s1. The molecule has 0 spiro atoms. The van der Waals surface area contributed by atoms with Crippen LogP contribution in [0.4, 0.5) is 0 Å². The van der Waals surface area contributed by atoms with Crippen LogP contribution in [-0.2, 0) is 42.5 Å². The van der Waals surface area contributed by atoms with Crippen molar-refractivity contribution in [3.8, 4) is 0 Å². The Hall–Kier alpha value is -1.52. The predicted octanol–water partition coefficient (Wildman–Crippen LogP) is -0.136. The van der Waals surface area contributed by atoms with Gasteiger partial charge in [-0.05, 0) is 6.92 Å². The van der Waals surface area contributed by atoms with E-state index in [4.69, 9.17) is 19.0 Å². The highest BCUT2D eigenvalue weighted by Gasteiger charge is 2.41. The molecule has 0 aromatic rings. The first-order valence-corrected chi connectivity index (χ1v) is 9.12. The van der Waals surface area contributed by atoms with Gasteiger partial charge >= 0.3 is 19.5 Å². The molecule has 1 aliphatic heterocycles. The SMILES string of the molecule is COP(=O)(O)CC(=O)NO[C@H]1O[C@H](C)[C@@H](OC(C)=O)C[C@@H]1OC(C)=O. The van der Waals surface area contributed by atoms with Gasteiger partial charge in [0.1, 0.15) is 12.3 Å². The van der Waals surface area contributed by atoms with Crippen LogP contribution in [0.3, 0.4) is 0 Å². The van der Waals surface area contributed by atoms with Gasteiger partial charge in [-0.15, -0.1) is 0 Å². The summed E-state index contributed by atoms with van der Waals surface area (Å²) in [6.07, 6.45) is -4.13. The minimum absolute atomic E-state index is 0.0947. The molecule has 0 aromatic heterocycles. The van der Waals surface area contributed by atoms with Gasteiger partial charge in [0.2, 0.25) is 6.29 Å². The Morgan fingerprint density at radius 3 is 2.28 bits per heavy atom. The minimum Gasteiger partial charge on any atom is -0.460 e. The predicted molar refractivity (Wildman–Crippen MR) is 81.0 cm³/mol. The summed E-state index contributed by atoms with van der Waals surface area (Å²) in [7, 11) is -3.06. The van der Waals surface area contributed by atoms with Gasteiger partial charge in [-0.2, -0.15) is 0 Å². The third kappa shape index (κ3) is 7.49. The Bertz CT molecular complexity index is 553. The molecule has 0 aliphatic carbocycles. The zero-order valence-electron chi connectivity index (χ0n) is 14.3. The molecule has 0 aromatic carbocycles. The number of hydroxylamine groups is 1. The molecule has 1 unspecified atom stereocenters. The lowest BCUT2D eigenvalue weighted by Crippen LogP contribution is -2.52. The molecular weight excluding hydrogens is 361 g/mol. The van der Waals surface area contributed by atoms with E-state index in [1.54, 1.807) is 6.92 Å². The van der Waals surface area contributed by atoms with Gasteiger partial charge in [0.25, 0.3) is 5.91 Å². The van der Waals surface area contributed by atoms with Gasteiger partial charge < -0.3 is 23.6 Å². The van der Waals surface area contributed by atoms with Crippen molar-refractivity contribution in [2.45, 2.75) is 51.8 Å². The fourth-order valence-corrected chi connectivity index (χ4v) is 2.65. The maximum Gasteiger partial charge on any atom is 0.337 e. The molecular formula is C13H22NO10P. The Labute approximate surface area is 144 Å². The van der Waals surface area contributed by atoms with E-state index in [1.807, 2.05) is 5.48 Å². The van der Waals surface area contributed by atoms with Crippen molar-refractivity contribution in [3.63, 3.8) is 0 Å². The monoisotopic (exact) mass is 383 g/mol. The molecule has 25 heavy (non-hydrogen) atoms. The van der Waals surface area contributed by atoms with Gasteiger partial charge in [-0.25, -0.2) is 10.3 Å². The summed E-state index contributed by atoms with van der Waals surface area (Å²) in [5.74, 6) is -2.07. The van der Waals surface area contributed by atoms with E-state index in [9.17, 15) is 23.8 Å². The van der Waals surface area contributed by atoms with Crippen LogP contribution >= 0.6 is 7.60 Å². The molecule has 0 radical (unpaired) electrons. The molecule has 2 N–H and O–H groups in total. The number of nitrogens with one attached hydrogen (secondary N) is 1. The van der Waals surface area contributed by atoms with Crippen molar-refractivity contribution in [3.05, 3.63) is 0 Å². The minimum atomic E-state index is -4.05. The number of hydrogen-bond acceptors (Lipinski definition) is 9. The van der Waals surface area contributed by atoms with E-state index in [1.165, 1.54) is 13.8 Å². The Balaban J connectivity index is 2.68. The molecule has 12 heteroatoms. The second-order valence-corrected chi connectivity index (χ2v) is 7.32. The van der Waals surface area contributed by atoms with Crippen molar-refractivity contribution in [1.29, 1.82) is 0 Å². The van der Waals surface area contributed by atoms with E-state index >= 15 is 0 Å². The lowest BCUT2D eigenvalue weighted by molar-refractivity contribution is -0.283. The Morgan fingerprint density at radius 1 is 1.20 bits per heavy atom. The highest BCUT2D eigenvalue weighted by molar-refractivity contribution is 7.53. The van der Waals surface area contributed by atoms with Crippen molar-refractivity contribution in [2.24, 2.45) is 0 Å². The number of amides is 1. The van der Waals surface area contributed by atoms with Gasteiger partial charge in [-0.3, -0.25) is 18.9 Å². The Morgan fingerprint density at radius 2 is 1.76 bits per heavy atom. The third-order valence-corrected chi connectivity index (χ3v) is 4.45. The van der Waals surface area contributed by atoms with Gasteiger partial charge in [0.15, 0.2) is 6.10 Å². The summed E-state index contributed by atoms with van der Waals surface area (Å²) in [5.41, 5.74) is 1.95. The third-order valence-electron chi connectivity index (χ3n) is 3.19. The Kier molecular flexibility index (Phi) is 7.97. The second-order valence-electron chi connectivity index (χ2n) is 5.36. The summed E-state index contributed by atoms with van der Waals surface area (Å²) >= 11 is 0. The van der Waals surface area contributed by atoms with E-state index < -0.39 is 56.2 Å². The van der Waals surface area contributed by atoms with Crippen molar-refractivity contribution >= 4 is 25.4 Å². The molecule has 5 atom stereocenters. The highest BCUT2D eigenvalue weighted by atomic mass is 31.2. The van der Waals surface area contributed by atoms with Crippen molar-refractivity contribution in [2.75, 3.05) is 13.3 Å². The number of esters is 2. The average molecular weight is 383 g/mol. The lowest BCUT2D eigenvalue weighted by atomic mass is 10.0. The number of rotatable bonds is 7. The summed E-state index contributed by atoms with van der Waals surface area (Å²) in [6, 6.07) is 0. The molecule has 1 amide bonds. The van der Waals surface area contributed by atoms with Crippen LogP contribution in [0.15, 0.2) is 0 Å². The molecule has 1 aliphatic rings. The van der Waals surface area contributed by atoms with Crippen LogP contribution in [0.2, 0.25) is 0 Å². The van der Waals surface area contributed by atoms with Crippen LogP contribution in [0.5, 0.6) is 0 Å². The molecule has 1 saturated heterocycles. The molecule has 0 bridgehead atoms. The van der Waals surface area contributed by atoms with E-state index in [0.29, 0.717) is 0 Å². The number of carbonyl (C=O) groups excluding carboxylic acids is 3. The average Bonchev–Trinajstić information content (AvgIpc) is 2.47. The first-order valence-electron chi connectivity index (χ1n) is 7.36. The summed E-state index contributed by atoms with van der Waals surface area (Å²) in [4.78, 5) is 48.2. The topological polar surface area (TPSA) is 147 Å². The van der Waals surface area contributed by atoms with Crippen LogP contribution in [0.1, 0.15) is 27.2 Å². The second kappa shape index (κ2) is 9.25. The van der Waals surface area contributed by atoms with Crippen LogP contribution in [0, 0.1) is 0 Å². The normalized spacial score (nSPS) is 28.5. The lowest BCUT2D eigenvalue weighted by Gasteiger charge is -2.38. The largest absolute Gasteiger partial charge is 0.460 e. The maximum absolute atomic E-state index is 11.6. The molecule has 1 heterocycles. The first kappa shape index (κ1) is 21.5. The molecule has 1 rings (SSSR count). The molecule has 0 saturated carbocycles. The number of carbonyl (C=O) groups is 3. The summed E-state index contributed by atoms with van der Waals surface area (Å²) in [6.45, 7) is 4.02.